The smallest absolute Gasteiger partial charge is 0.315 e. The van der Waals surface area contributed by atoms with Crippen LogP contribution in [0.15, 0.2) is 34.5 Å². The van der Waals surface area contributed by atoms with Crippen molar-refractivity contribution in [3.63, 3.8) is 0 Å². The maximum atomic E-state index is 11.9. The third-order valence-corrected chi connectivity index (χ3v) is 4.86. The summed E-state index contributed by atoms with van der Waals surface area (Å²) in [7, 11) is -0.983. The van der Waals surface area contributed by atoms with E-state index in [9.17, 15) is 9.00 Å². The molecule has 0 aliphatic carbocycles. The summed E-state index contributed by atoms with van der Waals surface area (Å²) in [5.74, 6) is 0. The molecule has 0 bridgehead atoms. The van der Waals surface area contributed by atoms with E-state index in [4.69, 9.17) is 0 Å². The Kier molecular flexibility index (Phi) is 5.68. The van der Waals surface area contributed by atoms with Crippen molar-refractivity contribution in [2.24, 2.45) is 0 Å². The molecule has 0 saturated heterocycles. The number of carbonyl (C=O) groups is 1. The minimum Gasteiger partial charge on any atom is -0.334 e. The Morgan fingerprint density at radius 1 is 1.36 bits per heavy atom. The standard InChI is InChI=1S/C15H19N3O2S2/c1-10(14-9-21-11(2)18-14)17-15(19)16-8-12-4-6-13(7-5-12)22(3)20/h4-7,9-10H,8H2,1-3H3,(H2,16,17,19)/t10-,22+/m0/s1. The lowest BCUT2D eigenvalue weighted by Crippen LogP contribution is -2.36. The first kappa shape index (κ1) is 16.6. The number of urea groups is 1. The summed E-state index contributed by atoms with van der Waals surface area (Å²) in [6, 6.07) is 6.99. The first-order valence-corrected chi connectivity index (χ1v) is 9.28. The number of aryl methyl sites for hydroxylation is 1. The molecule has 2 aromatic rings. The van der Waals surface area contributed by atoms with Crippen molar-refractivity contribution in [1.29, 1.82) is 0 Å². The maximum absolute atomic E-state index is 11.9. The summed E-state index contributed by atoms with van der Waals surface area (Å²) < 4.78 is 11.3. The molecule has 0 aliphatic heterocycles. The summed E-state index contributed by atoms with van der Waals surface area (Å²) in [6.07, 6.45) is 1.64. The minimum atomic E-state index is -0.983. The van der Waals surface area contributed by atoms with Crippen molar-refractivity contribution in [3.05, 3.63) is 45.9 Å². The quantitative estimate of drug-likeness (QED) is 0.881. The number of hydrogen-bond donors (Lipinski definition) is 2. The first-order valence-electron chi connectivity index (χ1n) is 6.84. The SMILES string of the molecule is Cc1nc([C@H](C)NC(=O)NCc2ccc([S@@](C)=O)cc2)cs1. The van der Waals surface area contributed by atoms with Gasteiger partial charge in [0.15, 0.2) is 0 Å². The molecule has 0 unspecified atom stereocenters. The number of nitrogens with zero attached hydrogens (tertiary/aromatic N) is 1. The Labute approximate surface area is 136 Å². The maximum Gasteiger partial charge on any atom is 0.315 e. The van der Waals surface area contributed by atoms with E-state index in [1.165, 1.54) is 0 Å². The number of carbonyl (C=O) groups excluding carboxylic acids is 1. The monoisotopic (exact) mass is 337 g/mol. The highest BCUT2D eigenvalue weighted by molar-refractivity contribution is 7.84. The lowest BCUT2D eigenvalue weighted by atomic mass is 10.2. The average Bonchev–Trinajstić information content (AvgIpc) is 2.92. The largest absolute Gasteiger partial charge is 0.334 e. The molecule has 0 spiro atoms. The van der Waals surface area contributed by atoms with Gasteiger partial charge in [0, 0.05) is 33.9 Å². The van der Waals surface area contributed by atoms with E-state index in [2.05, 4.69) is 15.6 Å². The molecule has 0 radical (unpaired) electrons. The van der Waals surface area contributed by atoms with Gasteiger partial charge in [-0.2, -0.15) is 0 Å². The van der Waals surface area contributed by atoms with Gasteiger partial charge in [-0.1, -0.05) is 12.1 Å². The summed E-state index contributed by atoms with van der Waals surface area (Å²) in [6.45, 7) is 4.26. The molecular formula is C15H19N3O2S2. The first-order chi connectivity index (χ1) is 10.5. The Hall–Kier alpha value is -1.73. The summed E-state index contributed by atoms with van der Waals surface area (Å²) >= 11 is 1.57. The molecule has 2 N–H and O–H groups in total. The second kappa shape index (κ2) is 7.51. The van der Waals surface area contributed by atoms with Gasteiger partial charge in [-0.15, -0.1) is 11.3 Å². The van der Waals surface area contributed by atoms with E-state index in [1.54, 1.807) is 17.6 Å². The van der Waals surface area contributed by atoms with Crippen LogP contribution in [0.5, 0.6) is 0 Å². The predicted molar refractivity (Wildman–Crippen MR) is 89.4 cm³/mol. The zero-order valence-corrected chi connectivity index (χ0v) is 14.4. The van der Waals surface area contributed by atoms with Crippen LogP contribution < -0.4 is 10.6 Å². The van der Waals surface area contributed by atoms with Crippen LogP contribution in [0.1, 0.15) is 29.2 Å². The van der Waals surface area contributed by atoms with E-state index in [0.717, 1.165) is 21.2 Å². The highest BCUT2D eigenvalue weighted by Gasteiger charge is 2.11. The number of amides is 2. The van der Waals surface area contributed by atoms with Crippen molar-refractivity contribution in [1.82, 2.24) is 15.6 Å². The molecule has 5 nitrogen and oxygen atoms in total. The van der Waals surface area contributed by atoms with E-state index >= 15 is 0 Å². The molecule has 1 heterocycles. The Morgan fingerprint density at radius 2 is 2.05 bits per heavy atom. The summed E-state index contributed by atoms with van der Waals surface area (Å²) in [5.41, 5.74) is 1.83. The fourth-order valence-electron chi connectivity index (χ4n) is 1.88. The number of benzene rings is 1. The van der Waals surface area contributed by atoms with Crippen LogP contribution >= 0.6 is 11.3 Å². The van der Waals surface area contributed by atoms with Gasteiger partial charge < -0.3 is 10.6 Å². The molecule has 0 aliphatic rings. The number of thiazole rings is 1. The van der Waals surface area contributed by atoms with Gasteiger partial charge in [-0.3, -0.25) is 4.21 Å². The van der Waals surface area contributed by atoms with Crippen molar-refractivity contribution in [2.45, 2.75) is 31.3 Å². The van der Waals surface area contributed by atoms with Crippen LogP contribution in [0.25, 0.3) is 0 Å². The van der Waals surface area contributed by atoms with Gasteiger partial charge in [0.1, 0.15) is 0 Å². The third-order valence-electron chi connectivity index (χ3n) is 3.14. The molecule has 22 heavy (non-hydrogen) atoms. The van der Waals surface area contributed by atoms with Crippen LogP contribution in [0.4, 0.5) is 4.79 Å². The second-order valence-corrected chi connectivity index (χ2v) is 7.38. The number of aromatic nitrogens is 1. The van der Waals surface area contributed by atoms with Crippen molar-refractivity contribution < 1.29 is 9.00 Å². The number of nitrogens with one attached hydrogen (secondary N) is 2. The van der Waals surface area contributed by atoms with Crippen molar-refractivity contribution >= 4 is 28.2 Å². The second-order valence-electron chi connectivity index (χ2n) is 4.94. The van der Waals surface area contributed by atoms with E-state index in [1.807, 2.05) is 43.5 Å². The van der Waals surface area contributed by atoms with Crippen LogP contribution in [-0.4, -0.2) is 21.5 Å². The van der Waals surface area contributed by atoms with E-state index in [0.29, 0.717) is 6.54 Å². The normalized spacial score (nSPS) is 13.4. The summed E-state index contributed by atoms with van der Waals surface area (Å²) in [4.78, 5) is 17.0. The van der Waals surface area contributed by atoms with Gasteiger partial charge in [-0.05, 0) is 31.5 Å². The molecule has 2 rings (SSSR count). The Bertz CT molecular complexity index is 668. The third kappa shape index (κ3) is 4.64. The van der Waals surface area contributed by atoms with Crippen LogP contribution in [0.2, 0.25) is 0 Å². The van der Waals surface area contributed by atoms with E-state index in [-0.39, 0.29) is 12.1 Å². The van der Waals surface area contributed by atoms with Gasteiger partial charge in [0.05, 0.1) is 16.7 Å². The Morgan fingerprint density at radius 3 is 2.59 bits per heavy atom. The topological polar surface area (TPSA) is 71.1 Å². The summed E-state index contributed by atoms with van der Waals surface area (Å²) in [5, 5.41) is 8.59. The fourth-order valence-corrected chi connectivity index (χ4v) is 3.11. The van der Waals surface area contributed by atoms with Crippen LogP contribution in [-0.2, 0) is 17.3 Å². The van der Waals surface area contributed by atoms with Gasteiger partial charge in [0.2, 0.25) is 0 Å². The van der Waals surface area contributed by atoms with Crippen LogP contribution in [0.3, 0.4) is 0 Å². The lowest BCUT2D eigenvalue weighted by Gasteiger charge is -2.13. The molecular weight excluding hydrogens is 318 g/mol. The van der Waals surface area contributed by atoms with Gasteiger partial charge in [0.25, 0.3) is 0 Å². The molecule has 2 atom stereocenters. The highest BCUT2D eigenvalue weighted by Crippen LogP contribution is 2.15. The molecule has 2 amide bonds. The lowest BCUT2D eigenvalue weighted by molar-refractivity contribution is 0.237. The van der Waals surface area contributed by atoms with Crippen molar-refractivity contribution in [3.8, 4) is 0 Å². The average molecular weight is 337 g/mol. The molecule has 0 fully saturated rings. The van der Waals surface area contributed by atoms with Crippen molar-refractivity contribution in [2.75, 3.05) is 6.26 Å². The number of rotatable bonds is 5. The molecule has 1 aromatic heterocycles. The van der Waals surface area contributed by atoms with Gasteiger partial charge in [-0.25, -0.2) is 9.78 Å². The molecule has 118 valence electrons. The Balaban J connectivity index is 1.83. The zero-order chi connectivity index (χ0) is 16.1. The minimum absolute atomic E-state index is 0.130. The zero-order valence-electron chi connectivity index (χ0n) is 12.8. The highest BCUT2D eigenvalue weighted by atomic mass is 32.2. The van der Waals surface area contributed by atoms with Gasteiger partial charge >= 0.3 is 6.03 Å². The predicted octanol–water partition coefficient (Wildman–Crippen LogP) is 2.75. The van der Waals surface area contributed by atoms with E-state index < -0.39 is 10.8 Å². The number of hydrogen-bond acceptors (Lipinski definition) is 4. The molecule has 0 saturated carbocycles. The van der Waals surface area contributed by atoms with Crippen LogP contribution in [0, 0.1) is 6.92 Å². The molecule has 1 aromatic carbocycles. The fraction of sp³-hybridized carbons (Fsp3) is 0.333. The molecule has 7 heteroatoms.